The van der Waals surface area contributed by atoms with Gasteiger partial charge in [-0.25, -0.2) is 4.79 Å². The average Bonchev–Trinajstić information content (AvgIpc) is 2.66. The van der Waals surface area contributed by atoms with Gasteiger partial charge in [0.2, 0.25) is 10.9 Å². The quantitative estimate of drug-likeness (QED) is 0.806. The van der Waals surface area contributed by atoms with Crippen LogP contribution in [-0.2, 0) is 0 Å². The first-order chi connectivity index (χ1) is 7.93. The van der Waals surface area contributed by atoms with Crippen LogP contribution in [-0.4, -0.2) is 11.1 Å². The van der Waals surface area contributed by atoms with Crippen LogP contribution in [0.2, 0.25) is 0 Å². The first-order valence-corrected chi connectivity index (χ1v) is 5.69. The maximum absolute atomic E-state index is 11.2. The molecule has 5 nitrogen and oxygen atoms in total. The van der Waals surface area contributed by atoms with E-state index < -0.39 is 16.8 Å². The van der Waals surface area contributed by atoms with Gasteiger partial charge < -0.3 is 10.4 Å². The van der Waals surface area contributed by atoms with Crippen LogP contribution in [0.1, 0.15) is 20.8 Å². The molecule has 2 rings (SSSR count). The molecule has 17 heavy (non-hydrogen) atoms. The summed E-state index contributed by atoms with van der Waals surface area (Å²) < 4.78 is 0. The van der Waals surface area contributed by atoms with Gasteiger partial charge in [0, 0.05) is 10.9 Å². The molecule has 0 aliphatic carbocycles. The van der Waals surface area contributed by atoms with Crippen LogP contribution in [0.4, 0.5) is 11.4 Å². The van der Waals surface area contributed by atoms with Gasteiger partial charge in [-0.3, -0.25) is 9.59 Å². The Labute approximate surface area is 100 Å². The Bertz CT molecular complexity index is 676. The largest absolute Gasteiger partial charge is 0.477 e. The van der Waals surface area contributed by atoms with Gasteiger partial charge in [0.05, 0.1) is 11.4 Å². The Balaban J connectivity index is 2.36. The van der Waals surface area contributed by atoms with E-state index in [-0.39, 0.29) is 10.6 Å². The number of hydrogen-bond donors (Lipinski definition) is 2. The number of rotatable bonds is 3. The topological polar surface area (TPSA) is 83.5 Å². The van der Waals surface area contributed by atoms with Crippen molar-refractivity contribution in [2.24, 2.45) is 0 Å². The zero-order valence-corrected chi connectivity index (χ0v) is 9.97. The third kappa shape index (κ3) is 1.66. The molecule has 1 heterocycles. The van der Waals surface area contributed by atoms with Crippen LogP contribution in [0.15, 0.2) is 15.0 Å². The molecule has 6 heteroatoms. The van der Waals surface area contributed by atoms with Gasteiger partial charge in [-0.2, -0.15) is 0 Å². The van der Waals surface area contributed by atoms with E-state index in [4.69, 9.17) is 5.11 Å². The van der Waals surface area contributed by atoms with E-state index in [0.717, 1.165) is 11.3 Å². The van der Waals surface area contributed by atoms with E-state index in [9.17, 15) is 14.4 Å². The molecule has 0 atom stereocenters. The highest BCUT2D eigenvalue weighted by Gasteiger charge is 2.19. The summed E-state index contributed by atoms with van der Waals surface area (Å²) in [5, 5.41) is 13.3. The number of carboxylic acids is 1. The lowest BCUT2D eigenvalue weighted by atomic mass is 10.1. The SMILES string of the molecule is Cc1c(Nc2c(C)c(=O)c2=O)csc1C(=O)O. The van der Waals surface area contributed by atoms with Crippen molar-refractivity contribution in [3.63, 3.8) is 0 Å². The van der Waals surface area contributed by atoms with Gasteiger partial charge >= 0.3 is 5.97 Å². The zero-order valence-electron chi connectivity index (χ0n) is 9.16. The molecule has 0 fully saturated rings. The number of anilines is 2. The van der Waals surface area contributed by atoms with Crippen LogP contribution in [0, 0.1) is 13.8 Å². The van der Waals surface area contributed by atoms with Gasteiger partial charge in [-0.1, -0.05) is 0 Å². The second-order valence-corrected chi connectivity index (χ2v) is 4.57. The van der Waals surface area contributed by atoms with Crippen molar-refractivity contribution >= 4 is 28.7 Å². The van der Waals surface area contributed by atoms with E-state index in [2.05, 4.69) is 5.32 Å². The molecule has 0 aliphatic heterocycles. The van der Waals surface area contributed by atoms with Gasteiger partial charge in [-0.15, -0.1) is 11.3 Å². The summed E-state index contributed by atoms with van der Waals surface area (Å²) in [6, 6.07) is 0. The van der Waals surface area contributed by atoms with Crippen LogP contribution in [0.3, 0.4) is 0 Å². The zero-order chi connectivity index (χ0) is 12.7. The number of carboxylic acid groups (broad SMARTS) is 1. The monoisotopic (exact) mass is 251 g/mol. The molecule has 88 valence electrons. The van der Waals surface area contributed by atoms with Gasteiger partial charge in [0.15, 0.2) is 0 Å². The van der Waals surface area contributed by atoms with Crippen LogP contribution >= 0.6 is 11.3 Å². The van der Waals surface area contributed by atoms with Crippen LogP contribution in [0.5, 0.6) is 0 Å². The Morgan fingerprint density at radius 1 is 1.24 bits per heavy atom. The lowest BCUT2D eigenvalue weighted by Gasteiger charge is -2.09. The number of aromatic carboxylic acids is 1. The molecule has 0 saturated carbocycles. The highest BCUT2D eigenvalue weighted by Crippen LogP contribution is 2.28. The van der Waals surface area contributed by atoms with E-state index in [1.54, 1.807) is 19.2 Å². The Morgan fingerprint density at radius 3 is 2.35 bits per heavy atom. The standard InChI is InChI=1S/C11H9NO4S/c1-4-6(3-17-10(4)11(15)16)12-7-5(2)8(13)9(7)14/h3,12H,1-2H3,(H,15,16). The highest BCUT2D eigenvalue weighted by molar-refractivity contribution is 7.12. The summed E-state index contributed by atoms with van der Waals surface area (Å²) in [5.74, 6) is -0.998. The van der Waals surface area contributed by atoms with E-state index >= 15 is 0 Å². The Morgan fingerprint density at radius 2 is 1.88 bits per heavy atom. The first-order valence-electron chi connectivity index (χ1n) is 4.81. The molecular weight excluding hydrogens is 242 g/mol. The average molecular weight is 251 g/mol. The number of nitrogens with one attached hydrogen (secondary N) is 1. The minimum Gasteiger partial charge on any atom is -0.477 e. The fourth-order valence-corrected chi connectivity index (χ4v) is 2.40. The molecule has 1 aromatic carbocycles. The summed E-state index contributed by atoms with van der Waals surface area (Å²) in [4.78, 5) is 33.3. The normalized spacial score (nSPS) is 10.7. The van der Waals surface area contributed by atoms with E-state index in [1.165, 1.54) is 0 Å². The molecule has 0 spiro atoms. The third-order valence-electron chi connectivity index (χ3n) is 2.64. The number of hydrogen-bond acceptors (Lipinski definition) is 5. The second kappa shape index (κ2) is 3.81. The number of thiophene rings is 1. The fraction of sp³-hybridized carbons (Fsp3) is 0.182. The van der Waals surface area contributed by atoms with Gasteiger partial charge in [0.25, 0.3) is 0 Å². The van der Waals surface area contributed by atoms with Crippen LogP contribution in [0.25, 0.3) is 0 Å². The second-order valence-electron chi connectivity index (χ2n) is 3.69. The molecular formula is C11H9NO4S. The molecule has 0 amide bonds. The van der Waals surface area contributed by atoms with Crippen molar-refractivity contribution in [2.75, 3.05) is 5.32 Å². The molecule has 0 bridgehead atoms. The molecule has 2 aromatic rings. The lowest BCUT2D eigenvalue weighted by molar-refractivity contribution is 0.0701. The van der Waals surface area contributed by atoms with Crippen molar-refractivity contribution in [1.82, 2.24) is 0 Å². The Kier molecular flexibility index (Phi) is 2.59. The maximum Gasteiger partial charge on any atom is 0.346 e. The smallest absolute Gasteiger partial charge is 0.346 e. The van der Waals surface area contributed by atoms with Gasteiger partial charge in [-0.05, 0) is 19.4 Å². The molecule has 0 saturated heterocycles. The van der Waals surface area contributed by atoms with Crippen molar-refractivity contribution in [2.45, 2.75) is 13.8 Å². The minimum absolute atomic E-state index is 0.226. The molecule has 0 radical (unpaired) electrons. The van der Waals surface area contributed by atoms with Crippen LogP contribution < -0.4 is 16.2 Å². The Hall–Kier alpha value is -1.95. The van der Waals surface area contributed by atoms with Crippen molar-refractivity contribution in [3.05, 3.63) is 41.8 Å². The lowest BCUT2D eigenvalue weighted by Crippen LogP contribution is -2.36. The summed E-state index contributed by atoms with van der Waals surface area (Å²) in [5.41, 5.74) is 0.728. The van der Waals surface area contributed by atoms with Gasteiger partial charge in [0.1, 0.15) is 4.88 Å². The maximum atomic E-state index is 11.2. The van der Waals surface area contributed by atoms with Crippen molar-refractivity contribution in [1.29, 1.82) is 0 Å². The summed E-state index contributed by atoms with van der Waals surface area (Å²) in [7, 11) is 0. The van der Waals surface area contributed by atoms with Crippen molar-refractivity contribution in [3.8, 4) is 0 Å². The molecule has 0 unspecified atom stereocenters. The summed E-state index contributed by atoms with van der Waals surface area (Å²) in [6.07, 6.45) is 0. The molecule has 0 aliphatic rings. The fourth-order valence-electron chi connectivity index (χ4n) is 1.54. The minimum atomic E-state index is -0.998. The number of carbonyl (C=O) groups is 1. The molecule has 1 aromatic heterocycles. The predicted octanol–water partition coefficient (Wildman–Crippen LogP) is 1.40. The predicted molar refractivity (Wildman–Crippen MR) is 65.4 cm³/mol. The van der Waals surface area contributed by atoms with Crippen molar-refractivity contribution < 1.29 is 9.90 Å². The summed E-state index contributed by atoms with van der Waals surface area (Å²) >= 11 is 1.08. The molecule has 2 N–H and O–H groups in total. The first kappa shape index (κ1) is 11.5. The summed E-state index contributed by atoms with van der Waals surface area (Å²) in [6.45, 7) is 3.22. The third-order valence-corrected chi connectivity index (χ3v) is 3.71. The van der Waals surface area contributed by atoms with E-state index in [0.29, 0.717) is 16.8 Å². The highest BCUT2D eigenvalue weighted by atomic mass is 32.1. The van der Waals surface area contributed by atoms with E-state index in [1.807, 2.05) is 0 Å².